The summed E-state index contributed by atoms with van der Waals surface area (Å²) in [5.41, 5.74) is 0.964. The van der Waals surface area contributed by atoms with Gasteiger partial charge in [0.2, 0.25) is 0 Å². The van der Waals surface area contributed by atoms with Gasteiger partial charge in [-0.25, -0.2) is 9.59 Å². The van der Waals surface area contributed by atoms with Gasteiger partial charge >= 0.3 is 11.9 Å². The highest BCUT2D eigenvalue weighted by Crippen LogP contribution is 2.42. The lowest BCUT2D eigenvalue weighted by Crippen LogP contribution is -2.45. The minimum Gasteiger partial charge on any atom is -0.496 e. The van der Waals surface area contributed by atoms with Crippen LogP contribution in [0.4, 0.5) is 0 Å². The van der Waals surface area contributed by atoms with Crippen molar-refractivity contribution in [3.05, 3.63) is 52.9 Å². The number of carbonyl (C=O) groups is 2. The average Bonchev–Trinajstić information content (AvgIpc) is 3.48. The van der Waals surface area contributed by atoms with Crippen molar-refractivity contribution in [1.29, 1.82) is 0 Å². The first-order valence-electron chi connectivity index (χ1n) is 13.4. The van der Waals surface area contributed by atoms with Crippen LogP contribution >= 0.6 is 11.3 Å². The van der Waals surface area contributed by atoms with E-state index in [9.17, 15) is 5.11 Å². The Hall–Kier alpha value is -3.34. The summed E-state index contributed by atoms with van der Waals surface area (Å²) in [6, 6.07) is 15.0. The summed E-state index contributed by atoms with van der Waals surface area (Å²) in [6.07, 6.45) is 2.53. The van der Waals surface area contributed by atoms with Crippen molar-refractivity contribution in [3.8, 4) is 17.2 Å². The Morgan fingerprint density at radius 1 is 1.15 bits per heavy atom. The molecule has 40 heavy (non-hydrogen) atoms. The first-order chi connectivity index (χ1) is 19.0. The molecule has 0 bridgehead atoms. The molecule has 2 aliphatic rings. The fourth-order valence-electron chi connectivity index (χ4n) is 5.39. The number of para-hydroxylation sites is 1. The van der Waals surface area contributed by atoms with Gasteiger partial charge in [-0.3, -0.25) is 4.90 Å². The molecule has 1 fully saturated rings. The van der Waals surface area contributed by atoms with Crippen molar-refractivity contribution in [2.24, 2.45) is 0 Å². The molecule has 2 aliphatic heterocycles. The zero-order valence-corrected chi connectivity index (χ0v) is 24.1. The lowest BCUT2D eigenvalue weighted by Gasteiger charge is -2.38. The van der Waals surface area contributed by atoms with Gasteiger partial charge in [0, 0.05) is 39.5 Å². The zero-order chi connectivity index (χ0) is 29.0. The maximum absolute atomic E-state index is 10.7. The monoisotopic (exact) mass is 571 g/mol. The van der Waals surface area contributed by atoms with Gasteiger partial charge in [0.25, 0.3) is 0 Å². The third-order valence-electron chi connectivity index (χ3n) is 7.29. The van der Waals surface area contributed by atoms with Gasteiger partial charge in [-0.15, -0.1) is 11.3 Å². The number of nitrogens with zero attached hydrogens (tertiary/aromatic N) is 1. The fourth-order valence-corrected chi connectivity index (χ4v) is 6.62. The van der Waals surface area contributed by atoms with Crippen molar-refractivity contribution < 1.29 is 39.1 Å². The zero-order valence-electron chi connectivity index (χ0n) is 23.3. The summed E-state index contributed by atoms with van der Waals surface area (Å²) in [5.74, 6) is -0.589. The van der Waals surface area contributed by atoms with Gasteiger partial charge in [0.15, 0.2) is 11.5 Å². The number of likely N-dealkylation sites (tertiary alicyclic amines) is 1. The Labute approximate surface area is 237 Å². The van der Waals surface area contributed by atoms with Crippen LogP contribution in [0.3, 0.4) is 0 Å². The summed E-state index contributed by atoms with van der Waals surface area (Å²) < 4.78 is 18.9. The second-order valence-electron chi connectivity index (χ2n) is 10.9. The van der Waals surface area contributed by atoms with Gasteiger partial charge in [-0.05, 0) is 70.3 Å². The molecule has 2 aromatic carbocycles. The van der Waals surface area contributed by atoms with E-state index in [0.29, 0.717) is 18.5 Å². The van der Waals surface area contributed by atoms with E-state index in [-0.39, 0.29) is 12.2 Å². The first-order valence-corrected chi connectivity index (χ1v) is 14.2. The largest absolute Gasteiger partial charge is 0.496 e. The minimum absolute atomic E-state index is 0.209. The first kappa shape index (κ1) is 29.6. The number of benzene rings is 2. The average molecular weight is 572 g/mol. The van der Waals surface area contributed by atoms with Crippen molar-refractivity contribution in [2.75, 3.05) is 26.8 Å². The Morgan fingerprint density at radius 3 is 2.52 bits per heavy atom. The van der Waals surface area contributed by atoms with Crippen LogP contribution in [0.1, 0.15) is 50.0 Å². The van der Waals surface area contributed by atoms with Crippen molar-refractivity contribution >= 4 is 33.4 Å². The van der Waals surface area contributed by atoms with Crippen molar-refractivity contribution in [1.82, 2.24) is 4.90 Å². The van der Waals surface area contributed by atoms with Crippen LogP contribution in [0.25, 0.3) is 10.1 Å². The number of aliphatic hydroxyl groups is 1. The van der Waals surface area contributed by atoms with E-state index in [1.807, 2.05) is 29.5 Å². The van der Waals surface area contributed by atoms with E-state index < -0.39 is 18.0 Å². The maximum atomic E-state index is 10.7. The topological polar surface area (TPSA) is 126 Å². The molecular weight excluding hydrogens is 534 g/mol. The quantitative estimate of drug-likeness (QED) is 0.343. The fraction of sp³-hybridized carbons (Fsp3) is 0.467. The predicted octanol–water partition coefficient (Wildman–Crippen LogP) is 4.79. The van der Waals surface area contributed by atoms with Gasteiger partial charge in [-0.1, -0.05) is 18.2 Å². The number of aliphatic hydroxyl groups excluding tert-OH is 1. The van der Waals surface area contributed by atoms with E-state index in [2.05, 4.69) is 49.9 Å². The summed E-state index contributed by atoms with van der Waals surface area (Å²) in [7, 11) is 1.74. The van der Waals surface area contributed by atoms with Crippen LogP contribution in [-0.2, 0) is 16.0 Å². The molecule has 5 rings (SSSR count). The summed E-state index contributed by atoms with van der Waals surface area (Å²) in [6.45, 7) is 8.32. The molecule has 1 aromatic heterocycles. The molecule has 3 heterocycles. The second-order valence-corrected chi connectivity index (χ2v) is 12.1. The van der Waals surface area contributed by atoms with Gasteiger partial charge in [0.05, 0.1) is 7.11 Å². The van der Waals surface area contributed by atoms with Crippen molar-refractivity contribution in [3.63, 3.8) is 0 Å². The highest BCUT2D eigenvalue weighted by molar-refractivity contribution is 7.19. The van der Waals surface area contributed by atoms with Crippen LogP contribution < -0.4 is 14.2 Å². The molecule has 9 nitrogen and oxygen atoms in total. The van der Waals surface area contributed by atoms with E-state index in [0.717, 1.165) is 43.1 Å². The van der Waals surface area contributed by atoms with E-state index >= 15 is 0 Å². The van der Waals surface area contributed by atoms with Crippen molar-refractivity contribution in [2.45, 2.75) is 63.7 Å². The third-order valence-corrected chi connectivity index (χ3v) is 8.55. The standard InChI is InChI=1S/C28H35NO4S.C2H2O4/c1-18-13-19(26-14-22-23(31-4)8-6-10-25(22)34-26)11-12-29(18)16-21(30)17-32-24-9-5-7-20-15-28(2,3)33-27(20)24;3-1(4)2(5)6/h5-10,14,18-19,21,30H,11-13,15-17H2,1-4H3;(H,3,4)(H,5,6)/t18-,19-,21-;/m0./s1. The predicted molar refractivity (Wildman–Crippen MR) is 153 cm³/mol. The van der Waals surface area contributed by atoms with E-state index in [1.165, 1.54) is 20.5 Å². The Balaban J connectivity index is 0.000000557. The van der Waals surface area contributed by atoms with Crippen LogP contribution in [0.15, 0.2) is 42.5 Å². The molecule has 3 atom stereocenters. The third kappa shape index (κ3) is 7.04. The molecule has 0 spiro atoms. The number of carboxylic acid groups (broad SMARTS) is 2. The number of methoxy groups -OCH3 is 1. The Bertz CT molecular complexity index is 1340. The summed E-state index contributed by atoms with van der Waals surface area (Å²) in [5, 5.41) is 26.7. The minimum atomic E-state index is -1.82. The number of rotatable bonds is 7. The number of hydrogen-bond donors (Lipinski definition) is 3. The molecular formula is C30H37NO8S. The number of aliphatic carboxylic acids is 2. The molecule has 216 valence electrons. The smallest absolute Gasteiger partial charge is 0.414 e. The van der Waals surface area contributed by atoms with Crippen LogP contribution in [0.5, 0.6) is 17.2 Å². The Kier molecular flexibility index (Phi) is 9.22. The van der Waals surface area contributed by atoms with Gasteiger partial charge in [-0.2, -0.15) is 0 Å². The summed E-state index contributed by atoms with van der Waals surface area (Å²) in [4.78, 5) is 22.0. The SMILES string of the molecule is COc1cccc2sc([C@H]3CCN(C[C@H](O)COc4cccc5c4OC(C)(C)C5)[C@@H](C)C3)cc12.O=C(O)C(=O)O. The normalized spacial score (nSPS) is 20.5. The molecule has 3 aromatic rings. The molecule has 0 saturated carbocycles. The molecule has 10 heteroatoms. The van der Waals surface area contributed by atoms with E-state index in [4.69, 9.17) is 34.0 Å². The number of ether oxygens (including phenoxy) is 3. The van der Waals surface area contributed by atoms with E-state index in [1.54, 1.807) is 7.11 Å². The second kappa shape index (κ2) is 12.4. The maximum Gasteiger partial charge on any atom is 0.414 e. The molecule has 0 amide bonds. The molecule has 0 radical (unpaired) electrons. The molecule has 3 N–H and O–H groups in total. The number of piperidine rings is 1. The lowest BCUT2D eigenvalue weighted by molar-refractivity contribution is -0.159. The molecule has 0 aliphatic carbocycles. The lowest BCUT2D eigenvalue weighted by atomic mass is 9.90. The van der Waals surface area contributed by atoms with Crippen LogP contribution in [0.2, 0.25) is 0 Å². The van der Waals surface area contributed by atoms with Crippen LogP contribution in [-0.4, -0.2) is 76.7 Å². The molecule has 0 unspecified atom stereocenters. The molecule has 1 saturated heterocycles. The number of hydrogen-bond acceptors (Lipinski definition) is 8. The summed E-state index contributed by atoms with van der Waals surface area (Å²) >= 11 is 1.89. The number of thiophene rings is 1. The number of fused-ring (bicyclic) bond motifs is 2. The van der Waals surface area contributed by atoms with Gasteiger partial charge < -0.3 is 29.5 Å². The number of carboxylic acids is 2. The van der Waals surface area contributed by atoms with Gasteiger partial charge in [0.1, 0.15) is 24.1 Å². The number of β-amino-alcohol motifs (C(OH)–C–C–N with tert-alkyl or cyclic N) is 1. The highest BCUT2D eigenvalue weighted by atomic mass is 32.1. The Morgan fingerprint density at radius 2 is 1.85 bits per heavy atom. The highest BCUT2D eigenvalue weighted by Gasteiger charge is 2.33. The van der Waals surface area contributed by atoms with Crippen LogP contribution in [0, 0.1) is 0 Å².